The number of ether oxygens (including phenoxy) is 1. The van der Waals surface area contributed by atoms with E-state index in [9.17, 15) is 24.3 Å². The van der Waals surface area contributed by atoms with Crippen molar-refractivity contribution in [2.75, 3.05) is 4.90 Å². The molecule has 4 amide bonds. The summed E-state index contributed by atoms with van der Waals surface area (Å²) in [5.41, 5.74) is 0.953. The van der Waals surface area contributed by atoms with Gasteiger partial charge >= 0.3 is 12.0 Å². The van der Waals surface area contributed by atoms with Gasteiger partial charge in [-0.2, -0.15) is 0 Å². The van der Waals surface area contributed by atoms with Crippen LogP contribution in [0, 0.1) is 0 Å². The van der Waals surface area contributed by atoms with Crippen LogP contribution in [-0.2, 0) is 16.2 Å². The first-order valence-electron chi connectivity index (χ1n) is 10.3. The van der Waals surface area contributed by atoms with Gasteiger partial charge in [0.05, 0.1) is 21.3 Å². The van der Waals surface area contributed by atoms with Gasteiger partial charge in [0.2, 0.25) is 0 Å². The average Bonchev–Trinajstić information content (AvgIpc) is 2.82. The maximum absolute atomic E-state index is 13.0. The van der Waals surface area contributed by atoms with Crippen LogP contribution in [0.15, 0.2) is 66.2 Å². The molecule has 1 fully saturated rings. The Labute approximate surface area is 214 Å². The van der Waals surface area contributed by atoms with Crippen molar-refractivity contribution in [2.45, 2.75) is 6.61 Å². The number of rotatable bonds is 6. The molecule has 0 saturated carbocycles. The number of amides is 4. The van der Waals surface area contributed by atoms with Crippen LogP contribution < -0.4 is 15.0 Å². The summed E-state index contributed by atoms with van der Waals surface area (Å²) in [6.07, 6.45) is 1.24. The summed E-state index contributed by atoms with van der Waals surface area (Å²) < 4.78 is 5.69. The van der Waals surface area contributed by atoms with Crippen molar-refractivity contribution < 1.29 is 34.1 Å². The number of phenolic OH excluding ortho intramolecular Hbond substituents is 1. The molecule has 1 saturated heterocycles. The first kappa shape index (κ1) is 24.8. The van der Waals surface area contributed by atoms with Crippen LogP contribution in [0.25, 0.3) is 6.08 Å². The number of carboxylic acid groups (broad SMARTS) is 1. The number of carboxylic acids is 1. The zero-order chi connectivity index (χ0) is 26.0. The Morgan fingerprint density at radius 3 is 2.17 bits per heavy atom. The molecule has 1 heterocycles. The number of aromatic carboxylic acids is 1. The Bertz CT molecular complexity index is 1390. The molecule has 0 aliphatic carbocycles. The largest absolute Gasteiger partial charge is 0.508 e. The molecule has 0 aromatic heterocycles. The van der Waals surface area contributed by atoms with Gasteiger partial charge in [-0.3, -0.25) is 14.9 Å². The number of hydrogen-bond acceptors (Lipinski definition) is 6. The lowest BCUT2D eigenvalue weighted by molar-refractivity contribution is -0.122. The van der Waals surface area contributed by atoms with Crippen LogP contribution >= 0.6 is 23.2 Å². The molecule has 0 radical (unpaired) electrons. The van der Waals surface area contributed by atoms with Crippen molar-refractivity contribution in [3.8, 4) is 11.5 Å². The minimum Gasteiger partial charge on any atom is -0.508 e. The molecule has 1 aliphatic rings. The third-order valence-corrected chi connectivity index (χ3v) is 5.69. The van der Waals surface area contributed by atoms with Crippen LogP contribution in [-0.4, -0.2) is 34.0 Å². The smallest absolute Gasteiger partial charge is 0.335 e. The second-order valence-corrected chi connectivity index (χ2v) is 8.39. The number of hydrogen-bond donors (Lipinski definition) is 3. The summed E-state index contributed by atoms with van der Waals surface area (Å²) in [6, 6.07) is 13.3. The van der Waals surface area contributed by atoms with Gasteiger partial charge < -0.3 is 14.9 Å². The SMILES string of the molecule is O=C1NC(=O)N(c2ccc(O)cc2)C(=O)/C1=C/c1cc(Cl)c(OCc2ccc(C(=O)O)cc2)c(Cl)c1. The fourth-order valence-corrected chi connectivity index (χ4v) is 3.97. The first-order valence-corrected chi connectivity index (χ1v) is 11.0. The Morgan fingerprint density at radius 1 is 0.972 bits per heavy atom. The number of benzene rings is 3. The molecule has 182 valence electrons. The second kappa shape index (κ2) is 10.1. The predicted molar refractivity (Wildman–Crippen MR) is 131 cm³/mol. The number of carbonyl (C=O) groups is 4. The molecule has 0 unspecified atom stereocenters. The molecular weight excluding hydrogens is 511 g/mol. The number of imide groups is 2. The quantitative estimate of drug-likeness (QED) is 0.314. The number of carbonyl (C=O) groups excluding carboxylic acids is 3. The lowest BCUT2D eigenvalue weighted by Gasteiger charge is -2.26. The van der Waals surface area contributed by atoms with Crippen molar-refractivity contribution >= 4 is 58.8 Å². The van der Waals surface area contributed by atoms with E-state index < -0.39 is 23.8 Å². The number of urea groups is 1. The van der Waals surface area contributed by atoms with Crippen molar-refractivity contribution in [1.82, 2.24) is 5.32 Å². The van der Waals surface area contributed by atoms with Crippen LogP contribution in [0.2, 0.25) is 10.0 Å². The van der Waals surface area contributed by atoms with E-state index in [1.807, 2.05) is 0 Å². The Kier molecular flexibility index (Phi) is 6.96. The van der Waals surface area contributed by atoms with Crippen molar-refractivity contribution in [3.63, 3.8) is 0 Å². The highest BCUT2D eigenvalue weighted by molar-refractivity contribution is 6.40. The maximum atomic E-state index is 13.0. The number of aromatic hydroxyl groups is 1. The number of halogens is 2. The molecule has 3 N–H and O–H groups in total. The molecule has 3 aromatic rings. The molecule has 3 aromatic carbocycles. The fraction of sp³-hybridized carbons (Fsp3) is 0.0400. The predicted octanol–water partition coefficient (Wildman–Crippen LogP) is 4.64. The lowest BCUT2D eigenvalue weighted by Crippen LogP contribution is -2.54. The van der Waals surface area contributed by atoms with E-state index in [1.165, 1.54) is 54.6 Å². The first-order chi connectivity index (χ1) is 17.1. The molecule has 4 rings (SSSR count). The minimum atomic E-state index is -1.04. The van der Waals surface area contributed by atoms with Gasteiger partial charge in [-0.1, -0.05) is 35.3 Å². The number of barbiturate groups is 1. The number of anilines is 1. The third-order valence-electron chi connectivity index (χ3n) is 5.13. The van der Waals surface area contributed by atoms with Gasteiger partial charge in [-0.25, -0.2) is 14.5 Å². The molecule has 0 atom stereocenters. The van der Waals surface area contributed by atoms with Crippen molar-refractivity contribution in [3.05, 3.63) is 93.0 Å². The van der Waals surface area contributed by atoms with E-state index in [2.05, 4.69) is 5.32 Å². The van der Waals surface area contributed by atoms with E-state index in [0.717, 1.165) is 4.90 Å². The van der Waals surface area contributed by atoms with Gasteiger partial charge in [0.25, 0.3) is 11.8 Å². The minimum absolute atomic E-state index is 0.0562. The molecule has 36 heavy (non-hydrogen) atoms. The number of nitrogens with zero attached hydrogens (tertiary/aromatic N) is 1. The number of nitrogens with one attached hydrogen (secondary N) is 1. The highest BCUT2D eigenvalue weighted by atomic mass is 35.5. The Hall–Kier alpha value is -4.34. The van der Waals surface area contributed by atoms with E-state index in [1.54, 1.807) is 12.1 Å². The monoisotopic (exact) mass is 526 g/mol. The molecule has 0 spiro atoms. The maximum Gasteiger partial charge on any atom is 0.335 e. The Morgan fingerprint density at radius 2 is 1.58 bits per heavy atom. The van der Waals surface area contributed by atoms with Crippen LogP contribution in [0.5, 0.6) is 11.5 Å². The molecule has 11 heteroatoms. The summed E-state index contributed by atoms with van der Waals surface area (Å²) >= 11 is 12.7. The van der Waals surface area contributed by atoms with Gasteiger partial charge in [-0.15, -0.1) is 0 Å². The zero-order valence-electron chi connectivity index (χ0n) is 18.2. The molecule has 1 aliphatic heterocycles. The summed E-state index contributed by atoms with van der Waals surface area (Å²) in [5.74, 6) is -2.70. The number of phenols is 1. The molecule has 0 bridgehead atoms. The Balaban J connectivity index is 1.57. The normalized spacial score (nSPS) is 14.7. The highest BCUT2D eigenvalue weighted by Crippen LogP contribution is 2.36. The summed E-state index contributed by atoms with van der Waals surface area (Å²) in [6.45, 7) is 0.0599. The summed E-state index contributed by atoms with van der Waals surface area (Å²) in [7, 11) is 0. The van der Waals surface area contributed by atoms with Crippen molar-refractivity contribution in [1.29, 1.82) is 0 Å². The van der Waals surface area contributed by atoms with E-state index in [4.69, 9.17) is 33.0 Å². The average molecular weight is 527 g/mol. The summed E-state index contributed by atoms with van der Waals surface area (Å²) in [4.78, 5) is 49.4. The lowest BCUT2D eigenvalue weighted by atomic mass is 10.1. The fourth-order valence-electron chi connectivity index (χ4n) is 3.36. The standard InChI is InChI=1S/C25H16Cl2N2O7/c26-19-10-14(11-20(27)21(19)36-12-13-1-3-15(4-2-13)24(33)34)9-18-22(31)28-25(35)29(23(18)32)16-5-7-17(30)8-6-16/h1-11,30H,12H2,(H,33,34)(H,28,31,35)/b18-9+. The van der Waals surface area contributed by atoms with Gasteiger partial charge in [0, 0.05) is 0 Å². The van der Waals surface area contributed by atoms with E-state index in [-0.39, 0.29) is 45.0 Å². The van der Waals surface area contributed by atoms with Crippen molar-refractivity contribution in [2.24, 2.45) is 0 Å². The van der Waals surface area contributed by atoms with E-state index >= 15 is 0 Å². The second-order valence-electron chi connectivity index (χ2n) is 7.58. The molecule has 9 nitrogen and oxygen atoms in total. The molecular formula is C25H16Cl2N2O7. The van der Waals surface area contributed by atoms with Gasteiger partial charge in [0.15, 0.2) is 5.75 Å². The van der Waals surface area contributed by atoms with Crippen LogP contribution in [0.1, 0.15) is 21.5 Å². The third kappa shape index (κ3) is 5.17. The topological polar surface area (TPSA) is 133 Å². The van der Waals surface area contributed by atoms with Gasteiger partial charge in [-0.05, 0) is 65.7 Å². The van der Waals surface area contributed by atoms with Crippen LogP contribution in [0.3, 0.4) is 0 Å². The summed E-state index contributed by atoms with van der Waals surface area (Å²) in [5, 5.41) is 20.7. The van der Waals surface area contributed by atoms with E-state index in [0.29, 0.717) is 11.1 Å². The highest BCUT2D eigenvalue weighted by Gasteiger charge is 2.36. The zero-order valence-corrected chi connectivity index (χ0v) is 19.7. The van der Waals surface area contributed by atoms with Gasteiger partial charge in [0.1, 0.15) is 17.9 Å². The van der Waals surface area contributed by atoms with Crippen LogP contribution in [0.4, 0.5) is 10.5 Å².